The molecule has 1 saturated heterocycles. The van der Waals surface area contributed by atoms with Crippen LogP contribution in [0, 0.1) is 5.92 Å². The molecule has 0 aromatic carbocycles. The van der Waals surface area contributed by atoms with Gasteiger partial charge >= 0.3 is 12.2 Å². The van der Waals surface area contributed by atoms with Gasteiger partial charge in [0.2, 0.25) is 0 Å². The molecule has 0 bridgehead atoms. The molecule has 0 aliphatic carbocycles. The first-order valence-electron chi connectivity index (χ1n) is 7.49. The van der Waals surface area contributed by atoms with E-state index in [2.05, 4.69) is 10.3 Å². The maximum Gasteiger partial charge on any atom is 0.393 e. The smallest absolute Gasteiger partial charge is 0.343 e. The lowest BCUT2D eigenvalue weighted by atomic mass is 9.98. The second kappa shape index (κ2) is 7.06. The summed E-state index contributed by atoms with van der Waals surface area (Å²) in [6.07, 6.45) is -2.61. The number of rotatable bonds is 2. The van der Waals surface area contributed by atoms with Crippen molar-refractivity contribution in [1.82, 2.24) is 14.8 Å². The van der Waals surface area contributed by atoms with Gasteiger partial charge in [-0.3, -0.25) is 9.78 Å². The summed E-state index contributed by atoms with van der Waals surface area (Å²) in [4.78, 5) is 30.4. The highest BCUT2D eigenvalue weighted by atomic mass is 19.4. The first kappa shape index (κ1) is 18.0. The maximum absolute atomic E-state index is 12.8. The number of alkyl halides is 3. The van der Waals surface area contributed by atoms with Crippen LogP contribution in [-0.2, 0) is 0 Å². The number of nitrogens with zero attached hydrogens (tertiary/aromatic N) is 3. The zero-order chi connectivity index (χ0) is 17.9. The fourth-order valence-corrected chi connectivity index (χ4v) is 2.49. The Morgan fingerprint density at radius 2 is 2.08 bits per heavy atom. The molecule has 1 unspecified atom stereocenters. The summed E-state index contributed by atoms with van der Waals surface area (Å²) in [6.45, 7) is -0.0864. The molecule has 1 N–H and O–H groups in total. The Labute approximate surface area is 137 Å². The third-order valence-corrected chi connectivity index (χ3v) is 3.81. The van der Waals surface area contributed by atoms with Crippen molar-refractivity contribution in [3.63, 3.8) is 0 Å². The van der Waals surface area contributed by atoms with Crippen LogP contribution in [0.1, 0.15) is 23.3 Å². The van der Waals surface area contributed by atoms with Crippen LogP contribution in [-0.4, -0.2) is 60.1 Å². The number of carbonyl (C=O) groups excluding carboxylic acids is 2. The van der Waals surface area contributed by atoms with E-state index in [1.54, 1.807) is 14.1 Å². The molecular weight excluding hydrogens is 325 g/mol. The molecule has 132 valence electrons. The van der Waals surface area contributed by atoms with Gasteiger partial charge in [0.1, 0.15) is 5.69 Å². The van der Waals surface area contributed by atoms with E-state index in [0.29, 0.717) is 12.1 Å². The van der Waals surface area contributed by atoms with Crippen molar-refractivity contribution in [2.24, 2.45) is 5.92 Å². The summed E-state index contributed by atoms with van der Waals surface area (Å²) in [6, 6.07) is 2.26. The Bertz CT molecular complexity index is 619. The summed E-state index contributed by atoms with van der Waals surface area (Å²) < 4.78 is 38.4. The molecule has 2 rings (SSSR count). The Balaban J connectivity index is 2.04. The standard InChI is InChI=1S/C15H19F3N4O2/c1-21(2)13(23)12-8-11(5-6-19-12)20-14(24)22-7-3-4-10(9-22)15(16,17)18/h5-6,8,10H,3-4,7,9H2,1-2H3,(H,19,20,24). The summed E-state index contributed by atoms with van der Waals surface area (Å²) in [5, 5.41) is 2.53. The number of likely N-dealkylation sites (tertiary alicyclic amines) is 1. The number of nitrogens with one attached hydrogen (secondary N) is 1. The van der Waals surface area contributed by atoms with Crippen LogP contribution in [0.5, 0.6) is 0 Å². The second-order valence-electron chi connectivity index (χ2n) is 5.89. The van der Waals surface area contributed by atoms with Crippen LogP contribution >= 0.6 is 0 Å². The van der Waals surface area contributed by atoms with Gasteiger partial charge in [-0.25, -0.2) is 4.79 Å². The molecule has 24 heavy (non-hydrogen) atoms. The van der Waals surface area contributed by atoms with Gasteiger partial charge in [-0.05, 0) is 25.0 Å². The quantitative estimate of drug-likeness (QED) is 0.897. The van der Waals surface area contributed by atoms with Gasteiger partial charge in [-0.2, -0.15) is 13.2 Å². The van der Waals surface area contributed by atoms with E-state index in [4.69, 9.17) is 0 Å². The monoisotopic (exact) mass is 344 g/mol. The molecule has 0 spiro atoms. The highest BCUT2D eigenvalue weighted by Crippen LogP contribution is 2.33. The van der Waals surface area contributed by atoms with Crippen molar-refractivity contribution in [2.75, 3.05) is 32.5 Å². The van der Waals surface area contributed by atoms with Gasteiger partial charge in [0.05, 0.1) is 5.92 Å². The van der Waals surface area contributed by atoms with Gasteiger partial charge < -0.3 is 15.1 Å². The molecule has 1 atom stereocenters. The summed E-state index contributed by atoms with van der Waals surface area (Å²) in [5.74, 6) is -1.83. The lowest BCUT2D eigenvalue weighted by molar-refractivity contribution is -0.183. The van der Waals surface area contributed by atoms with Crippen LogP contribution in [0.15, 0.2) is 18.3 Å². The zero-order valence-electron chi connectivity index (χ0n) is 13.4. The van der Waals surface area contributed by atoms with Crippen molar-refractivity contribution in [1.29, 1.82) is 0 Å². The number of carbonyl (C=O) groups is 2. The van der Waals surface area contributed by atoms with Crippen molar-refractivity contribution < 1.29 is 22.8 Å². The Morgan fingerprint density at radius 1 is 1.38 bits per heavy atom. The third kappa shape index (κ3) is 4.36. The fourth-order valence-electron chi connectivity index (χ4n) is 2.49. The normalized spacial score (nSPS) is 18.2. The predicted molar refractivity (Wildman–Crippen MR) is 81.6 cm³/mol. The minimum Gasteiger partial charge on any atom is -0.343 e. The van der Waals surface area contributed by atoms with E-state index in [1.165, 1.54) is 23.2 Å². The topological polar surface area (TPSA) is 65.5 Å². The van der Waals surface area contributed by atoms with Gasteiger partial charge in [0.25, 0.3) is 5.91 Å². The second-order valence-corrected chi connectivity index (χ2v) is 5.89. The minimum absolute atomic E-state index is 0.0318. The van der Waals surface area contributed by atoms with Crippen molar-refractivity contribution in [3.05, 3.63) is 24.0 Å². The Morgan fingerprint density at radius 3 is 2.71 bits per heavy atom. The Kier molecular flexibility index (Phi) is 5.30. The molecule has 1 aliphatic rings. The number of hydrogen-bond acceptors (Lipinski definition) is 3. The highest BCUT2D eigenvalue weighted by Gasteiger charge is 2.42. The van der Waals surface area contributed by atoms with Gasteiger partial charge in [0, 0.05) is 39.1 Å². The lowest BCUT2D eigenvalue weighted by Gasteiger charge is -2.33. The number of hydrogen-bond donors (Lipinski definition) is 1. The van der Waals surface area contributed by atoms with Crippen molar-refractivity contribution >= 4 is 17.6 Å². The summed E-state index contributed by atoms with van der Waals surface area (Å²) in [7, 11) is 3.14. The van der Waals surface area contributed by atoms with Crippen LogP contribution in [0.3, 0.4) is 0 Å². The minimum atomic E-state index is -4.30. The molecule has 1 aromatic heterocycles. The van der Waals surface area contributed by atoms with E-state index in [-0.39, 0.29) is 31.1 Å². The van der Waals surface area contributed by atoms with E-state index in [1.807, 2.05) is 0 Å². The lowest BCUT2D eigenvalue weighted by Crippen LogP contribution is -2.46. The summed E-state index contributed by atoms with van der Waals surface area (Å²) in [5.41, 5.74) is 0.457. The molecule has 1 aromatic rings. The van der Waals surface area contributed by atoms with Gasteiger partial charge in [-0.1, -0.05) is 0 Å². The van der Waals surface area contributed by atoms with E-state index in [9.17, 15) is 22.8 Å². The van der Waals surface area contributed by atoms with E-state index in [0.717, 1.165) is 4.90 Å². The zero-order valence-corrected chi connectivity index (χ0v) is 13.4. The number of halogens is 3. The van der Waals surface area contributed by atoms with Crippen LogP contribution in [0.25, 0.3) is 0 Å². The molecule has 3 amide bonds. The number of amides is 3. The summed E-state index contributed by atoms with van der Waals surface area (Å²) >= 11 is 0. The number of pyridine rings is 1. The van der Waals surface area contributed by atoms with Gasteiger partial charge in [0.15, 0.2) is 0 Å². The molecule has 0 saturated carbocycles. The molecule has 6 nitrogen and oxygen atoms in total. The largest absolute Gasteiger partial charge is 0.393 e. The van der Waals surface area contributed by atoms with Crippen LogP contribution in [0.4, 0.5) is 23.7 Å². The fraction of sp³-hybridized carbons (Fsp3) is 0.533. The molecule has 9 heteroatoms. The number of anilines is 1. The van der Waals surface area contributed by atoms with E-state index < -0.39 is 18.1 Å². The maximum atomic E-state index is 12.8. The molecule has 2 heterocycles. The molecule has 0 radical (unpaired) electrons. The first-order chi connectivity index (χ1) is 11.2. The number of aromatic nitrogens is 1. The predicted octanol–water partition coefficient (Wildman–Crippen LogP) is 2.59. The number of urea groups is 1. The molecule has 1 aliphatic heterocycles. The number of piperidine rings is 1. The average molecular weight is 344 g/mol. The van der Waals surface area contributed by atoms with Crippen molar-refractivity contribution in [2.45, 2.75) is 19.0 Å². The molecular formula is C15H19F3N4O2. The van der Waals surface area contributed by atoms with Crippen LogP contribution < -0.4 is 5.32 Å². The van der Waals surface area contributed by atoms with Crippen LogP contribution in [0.2, 0.25) is 0 Å². The first-order valence-corrected chi connectivity index (χ1v) is 7.49. The highest BCUT2D eigenvalue weighted by molar-refractivity contribution is 5.95. The third-order valence-electron chi connectivity index (χ3n) is 3.81. The van der Waals surface area contributed by atoms with Crippen molar-refractivity contribution in [3.8, 4) is 0 Å². The van der Waals surface area contributed by atoms with E-state index >= 15 is 0 Å². The average Bonchev–Trinajstić information content (AvgIpc) is 2.53. The Hall–Kier alpha value is -2.32. The molecule has 1 fully saturated rings. The van der Waals surface area contributed by atoms with Gasteiger partial charge in [-0.15, -0.1) is 0 Å². The SMILES string of the molecule is CN(C)C(=O)c1cc(NC(=O)N2CCCC(C(F)(F)F)C2)ccn1.